The van der Waals surface area contributed by atoms with Gasteiger partial charge in [0.25, 0.3) is 5.91 Å². The van der Waals surface area contributed by atoms with Gasteiger partial charge in [-0.25, -0.2) is 4.68 Å². The average molecular weight is 348 g/mol. The third kappa shape index (κ3) is 4.13. The first-order chi connectivity index (χ1) is 11.7. The minimum absolute atomic E-state index is 0.166. The van der Waals surface area contributed by atoms with E-state index in [9.17, 15) is 4.79 Å². The van der Waals surface area contributed by atoms with Gasteiger partial charge >= 0.3 is 0 Å². The van der Waals surface area contributed by atoms with Crippen LogP contribution in [0.1, 0.15) is 35.8 Å². The van der Waals surface area contributed by atoms with Crippen LogP contribution in [0.5, 0.6) is 0 Å². The van der Waals surface area contributed by atoms with E-state index in [-0.39, 0.29) is 5.91 Å². The molecule has 24 heavy (non-hydrogen) atoms. The SMILES string of the molecule is CCN1CCC[C@H]1CNC(=O)c1cn(Cc2ccc(Cl)cc2)nn1. The first kappa shape index (κ1) is 16.9. The molecule has 1 aliphatic rings. The van der Waals surface area contributed by atoms with Crippen LogP contribution in [0.4, 0.5) is 0 Å². The molecule has 0 aliphatic carbocycles. The van der Waals surface area contributed by atoms with Gasteiger partial charge in [-0.1, -0.05) is 35.9 Å². The second-order valence-corrected chi connectivity index (χ2v) is 6.50. The van der Waals surface area contributed by atoms with Crippen molar-refractivity contribution in [2.45, 2.75) is 32.4 Å². The number of nitrogens with one attached hydrogen (secondary N) is 1. The van der Waals surface area contributed by atoms with Crippen molar-refractivity contribution >= 4 is 17.5 Å². The number of rotatable bonds is 6. The number of likely N-dealkylation sites (tertiary alicyclic amines) is 1. The molecule has 0 radical (unpaired) electrons. The highest BCUT2D eigenvalue weighted by Crippen LogP contribution is 2.15. The molecule has 1 saturated heterocycles. The number of carbonyl (C=O) groups excluding carboxylic acids is 1. The van der Waals surface area contributed by atoms with Gasteiger partial charge in [0.05, 0.1) is 12.7 Å². The molecule has 1 aromatic heterocycles. The standard InChI is InChI=1S/C17H22ClN5O/c1-2-22-9-3-4-15(22)10-19-17(24)16-12-23(21-20-16)11-13-5-7-14(18)8-6-13/h5-8,12,15H,2-4,9-11H2,1H3,(H,19,24)/t15-/m0/s1. The minimum Gasteiger partial charge on any atom is -0.349 e. The van der Waals surface area contributed by atoms with E-state index >= 15 is 0 Å². The predicted octanol–water partition coefficient (Wildman–Crippen LogP) is 2.19. The van der Waals surface area contributed by atoms with Crippen molar-refractivity contribution in [3.05, 3.63) is 46.7 Å². The molecule has 0 bridgehead atoms. The molecule has 1 aliphatic heterocycles. The molecule has 1 fully saturated rings. The zero-order valence-electron chi connectivity index (χ0n) is 13.8. The topological polar surface area (TPSA) is 63.1 Å². The average Bonchev–Trinajstić information content (AvgIpc) is 3.23. The summed E-state index contributed by atoms with van der Waals surface area (Å²) in [5.41, 5.74) is 1.41. The van der Waals surface area contributed by atoms with E-state index in [0.717, 1.165) is 25.1 Å². The summed E-state index contributed by atoms with van der Waals surface area (Å²) < 4.78 is 1.66. The summed E-state index contributed by atoms with van der Waals surface area (Å²) in [5, 5.41) is 11.7. The number of aromatic nitrogens is 3. The van der Waals surface area contributed by atoms with Gasteiger partial charge in [-0.15, -0.1) is 5.10 Å². The smallest absolute Gasteiger partial charge is 0.273 e. The Hall–Kier alpha value is -1.92. The molecule has 7 heteroatoms. The van der Waals surface area contributed by atoms with E-state index in [1.54, 1.807) is 10.9 Å². The van der Waals surface area contributed by atoms with Gasteiger partial charge < -0.3 is 5.32 Å². The number of halogens is 1. The van der Waals surface area contributed by atoms with E-state index in [2.05, 4.69) is 27.5 Å². The molecule has 1 atom stereocenters. The summed E-state index contributed by atoms with van der Waals surface area (Å²) >= 11 is 5.88. The zero-order chi connectivity index (χ0) is 16.9. The van der Waals surface area contributed by atoms with Gasteiger partial charge in [0.1, 0.15) is 0 Å². The highest BCUT2D eigenvalue weighted by Gasteiger charge is 2.23. The van der Waals surface area contributed by atoms with Crippen molar-refractivity contribution in [2.75, 3.05) is 19.6 Å². The fourth-order valence-corrected chi connectivity index (χ4v) is 3.23. The largest absolute Gasteiger partial charge is 0.349 e. The van der Waals surface area contributed by atoms with Crippen LogP contribution >= 0.6 is 11.6 Å². The Labute approximate surface area is 146 Å². The van der Waals surface area contributed by atoms with Crippen LogP contribution in [-0.2, 0) is 6.54 Å². The van der Waals surface area contributed by atoms with Crippen LogP contribution in [0.3, 0.4) is 0 Å². The summed E-state index contributed by atoms with van der Waals surface area (Å²) in [7, 11) is 0. The maximum absolute atomic E-state index is 12.2. The predicted molar refractivity (Wildman–Crippen MR) is 93.2 cm³/mol. The first-order valence-electron chi connectivity index (χ1n) is 8.32. The second kappa shape index (κ2) is 7.77. The van der Waals surface area contributed by atoms with Crippen molar-refractivity contribution in [3.63, 3.8) is 0 Å². The number of likely N-dealkylation sites (N-methyl/N-ethyl adjacent to an activating group) is 1. The first-order valence-corrected chi connectivity index (χ1v) is 8.70. The Kier molecular flexibility index (Phi) is 5.48. The Balaban J connectivity index is 1.54. The fraction of sp³-hybridized carbons (Fsp3) is 0.471. The molecular formula is C17H22ClN5O. The number of nitrogens with zero attached hydrogens (tertiary/aromatic N) is 4. The van der Waals surface area contributed by atoms with E-state index in [1.165, 1.54) is 6.42 Å². The Morgan fingerprint density at radius 1 is 1.38 bits per heavy atom. The Morgan fingerprint density at radius 3 is 2.92 bits per heavy atom. The lowest BCUT2D eigenvalue weighted by molar-refractivity contribution is 0.0936. The molecule has 128 valence electrons. The van der Waals surface area contributed by atoms with E-state index in [1.807, 2.05) is 24.3 Å². The van der Waals surface area contributed by atoms with Crippen molar-refractivity contribution < 1.29 is 4.79 Å². The van der Waals surface area contributed by atoms with Crippen LogP contribution in [0, 0.1) is 0 Å². The summed E-state index contributed by atoms with van der Waals surface area (Å²) in [6.45, 7) is 5.52. The molecule has 0 unspecified atom stereocenters. The lowest BCUT2D eigenvalue weighted by Crippen LogP contribution is -2.40. The highest BCUT2D eigenvalue weighted by atomic mass is 35.5. The Bertz CT molecular complexity index is 685. The summed E-state index contributed by atoms with van der Waals surface area (Å²) in [6, 6.07) is 7.97. The van der Waals surface area contributed by atoms with E-state index in [0.29, 0.717) is 29.8 Å². The second-order valence-electron chi connectivity index (χ2n) is 6.06. The summed E-state index contributed by atoms with van der Waals surface area (Å²) in [4.78, 5) is 14.6. The summed E-state index contributed by atoms with van der Waals surface area (Å²) in [6.07, 6.45) is 4.01. The lowest BCUT2D eigenvalue weighted by Gasteiger charge is -2.22. The molecule has 0 saturated carbocycles. The zero-order valence-corrected chi connectivity index (χ0v) is 14.5. The van der Waals surface area contributed by atoms with E-state index in [4.69, 9.17) is 11.6 Å². The van der Waals surface area contributed by atoms with E-state index < -0.39 is 0 Å². The molecule has 1 aromatic carbocycles. The van der Waals surface area contributed by atoms with Gasteiger partial charge in [-0.3, -0.25) is 9.69 Å². The maximum Gasteiger partial charge on any atom is 0.273 e. The third-order valence-electron chi connectivity index (χ3n) is 4.43. The lowest BCUT2D eigenvalue weighted by atomic mass is 10.2. The molecule has 6 nitrogen and oxygen atoms in total. The fourth-order valence-electron chi connectivity index (χ4n) is 3.10. The molecular weight excluding hydrogens is 326 g/mol. The van der Waals surface area contributed by atoms with Crippen molar-refractivity contribution in [2.24, 2.45) is 0 Å². The van der Waals surface area contributed by atoms with Crippen molar-refractivity contribution in [1.29, 1.82) is 0 Å². The van der Waals surface area contributed by atoms with Gasteiger partial charge in [-0.05, 0) is 43.6 Å². The van der Waals surface area contributed by atoms with Crippen LogP contribution < -0.4 is 5.32 Å². The van der Waals surface area contributed by atoms with Crippen LogP contribution in [-0.4, -0.2) is 51.5 Å². The molecule has 2 aromatic rings. The monoisotopic (exact) mass is 347 g/mol. The van der Waals surface area contributed by atoms with Gasteiger partial charge in [0.2, 0.25) is 0 Å². The minimum atomic E-state index is -0.166. The number of hydrogen-bond acceptors (Lipinski definition) is 4. The summed E-state index contributed by atoms with van der Waals surface area (Å²) in [5.74, 6) is -0.166. The van der Waals surface area contributed by atoms with Crippen molar-refractivity contribution in [3.8, 4) is 0 Å². The number of carbonyl (C=O) groups is 1. The number of benzene rings is 1. The third-order valence-corrected chi connectivity index (χ3v) is 4.68. The van der Waals surface area contributed by atoms with Crippen LogP contribution in [0.2, 0.25) is 5.02 Å². The highest BCUT2D eigenvalue weighted by molar-refractivity contribution is 6.30. The van der Waals surface area contributed by atoms with Gasteiger partial charge in [0.15, 0.2) is 5.69 Å². The number of amides is 1. The van der Waals surface area contributed by atoms with Gasteiger partial charge in [0, 0.05) is 17.6 Å². The quantitative estimate of drug-likeness (QED) is 0.870. The molecule has 1 N–H and O–H groups in total. The van der Waals surface area contributed by atoms with Crippen LogP contribution in [0.25, 0.3) is 0 Å². The molecule has 0 spiro atoms. The van der Waals surface area contributed by atoms with Crippen LogP contribution in [0.15, 0.2) is 30.5 Å². The maximum atomic E-state index is 12.2. The van der Waals surface area contributed by atoms with Gasteiger partial charge in [-0.2, -0.15) is 0 Å². The molecule has 1 amide bonds. The normalized spacial score (nSPS) is 18.0. The molecule has 2 heterocycles. The number of hydrogen-bond donors (Lipinski definition) is 1. The van der Waals surface area contributed by atoms with Crippen molar-refractivity contribution in [1.82, 2.24) is 25.2 Å². The Morgan fingerprint density at radius 2 is 2.17 bits per heavy atom. The molecule has 3 rings (SSSR count).